The summed E-state index contributed by atoms with van der Waals surface area (Å²) in [6.07, 6.45) is 0. The zero-order valence-electron chi connectivity index (χ0n) is 11.5. The third-order valence-electron chi connectivity index (χ3n) is 3.13. The van der Waals surface area contributed by atoms with Gasteiger partial charge in [0.1, 0.15) is 5.69 Å². The van der Waals surface area contributed by atoms with Crippen molar-refractivity contribution in [1.29, 1.82) is 0 Å². The molecule has 0 fully saturated rings. The Morgan fingerprint density at radius 3 is 2.18 bits per heavy atom. The van der Waals surface area contributed by atoms with Gasteiger partial charge in [0.25, 0.3) is 5.69 Å². The molecule has 0 amide bonds. The molecular weight excluding hydrogens is 293 g/mol. The normalized spacial score (nSPS) is 11.7. The Kier molecular flexibility index (Phi) is 4.31. The van der Waals surface area contributed by atoms with Gasteiger partial charge in [0.2, 0.25) is 5.82 Å². The van der Waals surface area contributed by atoms with Crippen LogP contribution in [-0.4, -0.2) is 9.85 Å². The van der Waals surface area contributed by atoms with E-state index in [1.54, 1.807) is 19.1 Å². The summed E-state index contributed by atoms with van der Waals surface area (Å²) in [6, 6.07) is 10.1. The number of anilines is 1. The summed E-state index contributed by atoms with van der Waals surface area (Å²) < 4.78 is 13.7. The second-order valence-electron chi connectivity index (χ2n) is 4.61. The van der Waals surface area contributed by atoms with Crippen molar-refractivity contribution in [2.75, 3.05) is 5.32 Å². The molecule has 1 atom stereocenters. The lowest BCUT2D eigenvalue weighted by Crippen LogP contribution is -2.09. The van der Waals surface area contributed by atoms with Crippen LogP contribution in [0.2, 0.25) is 0 Å². The predicted octanol–water partition coefficient (Wildman–Crippen LogP) is 3.82. The lowest BCUT2D eigenvalue weighted by Gasteiger charge is -2.15. The first kappa shape index (κ1) is 15.4. The number of hydrogen-bond acceptors (Lipinski definition) is 5. The van der Waals surface area contributed by atoms with E-state index in [-0.39, 0.29) is 11.7 Å². The van der Waals surface area contributed by atoms with E-state index in [9.17, 15) is 24.6 Å². The van der Waals surface area contributed by atoms with Crippen LogP contribution in [0, 0.1) is 26.0 Å². The molecule has 2 rings (SSSR count). The van der Waals surface area contributed by atoms with Crippen LogP contribution in [0.3, 0.4) is 0 Å². The maximum atomic E-state index is 13.7. The molecule has 0 saturated heterocycles. The smallest absolute Gasteiger partial charge is 0.311 e. The van der Waals surface area contributed by atoms with Gasteiger partial charge in [-0.15, -0.1) is 0 Å². The molecule has 0 aliphatic carbocycles. The van der Waals surface area contributed by atoms with Crippen molar-refractivity contribution < 1.29 is 14.2 Å². The van der Waals surface area contributed by atoms with Gasteiger partial charge < -0.3 is 5.32 Å². The number of nitro benzene ring substituents is 2. The van der Waals surface area contributed by atoms with Crippen molar-refractivity contribution in [1.82, 2.24) is 0 Å². The number of nitrogens with one attached hydrogen (secondary N) is 1. The molecule has 0 saturated carbocycles. The molecule has 0 radical (unpaired) electrons. The Morgan fingerprint density at radius 2 is 1.64 bits per heavy atom. The summed E-state index contributed by atoms with van der Waals surface area (Å²) in [4.78, 5) is 19.9. The summed E-state index contributed by atoms with van der Waals surface area (Å²) in [5.41, 5.74) is -0.736. The SMILES string of the molecule is CC(Nc1cc(F)c([N+](=O)[O-])cc1[N+](=O)[O-])c1ccccc1. The van der Waals surface area contributed by atoms with Gasteiger partial charge in [-0.25, -0.2) is 0 Å². The third-order valence-corrected chi connectivity index (χ3v) is 3.13. The topological polar surface area (TPSA) is 98.3 Å². The highest BCUT2D eigenvalue weighted by Gasteiger charge is 2.25. The van der Waals surface area contributed by atoms with Gasteiger partial charge in [-0.1, -0.05) is 30.3 Å². The van der Waals surface area contributed by atoms with E-state index < -0.39 is 27.0 Å². The highest BCUT2D eigenvalue weighted by molar-refractivity contribution is 5.66. The van der Waals surface area contributed by atoms with E-state index in [1.807, 2.05) is 18.2 Å². The van der Waals surface area contributed by atoms with Crippen LogP contribution in [-0.2, 0) is 0 Å². The molecule has 22 heavy (non-hydrogen) atoms. The molecule has 1 N–H and O–H groups in total. The molecule has 0 bridgehead atoms. The molecule has 0 heterocycles. The minimum absolute atomic E-state index is 0.107. The second kappa shape index (κ2) is 6.17. The van der Waals surface area contributed by atoms with Gasteiger partial charge in [0.15, 0.2) is 0 Å². The van der Waals surface area contributed by atoms with Crippen LogP contribution in [0.25, 0.3) is 0 Å². The first-order valence-electron chi connectivity index (χ1n) is 6.34. The van der Waals surface area contributed by atoms with E-state index in [1.165, 1.54) is 0 Å². The Bertz CT molecular complexity index is 722. The summed E-state index contributed by atoms with van der Waals surface area (Å²) in [5.74, 6) is -1.13. The van der Waals surface area contributed by atoms with Gasteiger partial charge in [-0.2, -0.15) is 4.39 Å². The average molecular weight is 305 g/mol. The van der Waals surface area contributed by atoms with E-state index in [0.717, 1.165) is 11.6 Å². The minimum atomic E-state index is -1.13. The summed E-state index contributed by atoms with van der Waals surface area (Å²) in [6.45, 7) is 1.75. The molecule has 114 valence electrons. The fourth-order valence-corrected chi connectivity index (χ4v) is 2.02. The van der Waals surface area contributed by atoms with Crippen molar-refractivity contribution >= 4 is 17.1 Å². The zero-order chi connectivity index (χ0) is 16.3. The van der Waals surface area contributed by atoms with Crippen molar-refractivity contribution in [2.24, 2.45) is 0 Å². The van der Waals surface area contributed by atoms with Gasteiger partial charge in [-0.3, -0.25) is 20.2 Å². The molecule has 1 unspecified atom stereocenters. The molecule has 0 spiro atoms. The molecule has 0 aromatic heterocycles. The first-order valence-corrected chi connectivity index (χ1v) is 6.34. The van der Waals surface area contributed by atoms with Crippen LogP contribution in [0.1, 0.15) is 18.5 Å². The first-order chi connectivity index (χ1) is 10.4. The van der Waals surface area contributed by atoms with Crippen molar-refractivity contribution in [3.8, 4) is 0 Å². The number of nitro groups is 2. The van der Waals surface area contributed by atoms with Crippen LogP contribution in [0.5, 0.6) is 0 Å². The van der Waals surface area contributed by atoms with Gasteiger partial charge in [0.05, 0.1) is 15.9 Å². The highest BCUT2D eigenvalue weighted by atomic mass is 19.1. The molecule has 7 nitrogen and oxygen atoms in total. The fourth-order valence-electron chi connectivity index (χ4n) is 2.02. The maximum absolute atomic E-state index is 13.7. The number of nitrogens with zero attached hydrogens (tertiary/aromatic N) is 2. The lowest BCUT2D eigenvalue weighted by molar-refractivity contribution is -0.395. The van der Waals surface area contributed by atoms with E-state index >= 15 is 0 Å². The highest BCUT2D eigenvalue weighted by Crippen LogP contribution is 2.33. The quantitative estimate of drug-likeness (QED) is 0.669. The van der Waals surface area contributed by atoms with Crippen molar-refractivity contribution in [2.45, 2.75) is 13.0 Å². The van der Waals surface area contributed by atoms with Crippen LogP contribution in [0.4, 0.5) is 21.5 Å². The standard InChI is InChI=1S/C14H12FN3O4/c1-9(10-5-3-2-4-6-10)16-12-7-11(15)13(17(19)20)8-14(12)18(21)22/h2-9,16H,1H3. The average Bonchev–Trinajstić information content (AvgIpc) is 2.47. The Hall–Kier alpha value is -3.03. The minimum Gasteiger partial charge on any atom is -0.373 e. The van der Waals surface area contributed by atoms with E-state index in [0.29, 0.717) is 6.07 Å². The van der Waals surface area contributed by atoms with Crippen molar-refractivity contribution in [3.63, 3.8) is 0 Å². The number of halogens is 1. The van der Waals surface area contributed by atoms with Gasteiger partial charge in [0, 0.05) is 12.1 Å². The maximum Gasteiger partial charge on any atom is 0.311 e. The molecule has 2 aromatic carbocycles. The largest absolute Gasteiger partial charge is 0.373 e. The van der Waals surface area contributed by atoms with Crippen molar-refractivity contribution in [3.05, 3.63) is 74.1 Å². The molecule has 8 heteroatoms. The zero-order valence-corrected chi connectivity index (χ0v) is 11.5. The monoisotopic (exact) mass is 305 g/mol. The van der Waals surface area contributed by atoms with Gasteiger partial charge >= 0.3 is 5.69 Å². The third kappa shape index (κ3) is 3.17. The molecule has 0 aliphatic heterocycles. The lowest BCUT2D eigenvalue weighted by atomic mass is 10.1. The molecule has 2 aromatic rings. The summed E-state index contributed by atoms with van der Waals surface area (Å²) in [5, 5.41) is 24.5. The predicted molar refractivity (Wildman–Crippen MR) is 78.2 cm³/mol. The summed E-state index contributed by atoms with van der Waals surface area (Å²) in [7, 11) is 0. The number of hydrogen-bond donors (Lipinski definition) is 1. The Balaban J connectivity index is 2.40. The molecular formula is C14H12FN3O4. The second-order valence-corrected chi connectivity index (χ2v) is 4.61. The summed E-state index contributed by atoms with van der Waals surface area (Å²) >= 11 is 0. The Morgan fingerprint density at radius 1 is 1.05 bits per heavy atom. The number of rotatable bonds is 5. The van der Waals surface area contributed by atoms with E-state index in [2.05, 4.69) is 5.32 Å². The Labute approximate surface area is 124 Å². The van der Waals surface area contributed by atoms with Crippen LogP contribution in [0.15, 0.2) is 42.5 Å². The van der Waals surface area contributed by atoms with Gasteiger partial charge in [-0.05, 0) is 12.5 Å². The van der Waals surface area contributed by atoms with Crippen LogP contribution < -0.4 is 5.32 Å². The molecule has 0 aliphatic rings. The van der Waals surface area contributed by atoms with E-state index in [4.69, 9.17) is 0 Å². The number of benzene rings is 2. The van der Waals surface area contributed by atoms with Crippen LogP contribution >= 0.6 is 0 Å². The fraction of sp³-hybridized carbons (Fsp3) is 0.143.